The molecule has 0 heterocycles. The minimum Gasteiger partial charge on any atom is -0.506 e. The summed E-state index contributed by atoms with van der Waals surface area (Å²) < 4.78 is 14.2. The van der Waals surface area contributed by atoms with Gasteiger partial charge in [0.1, 0.15) is 6.61 Å². The summed E-state index contributed by atoms with van der Waals surface area (Å²) in [6, 6.07) is 0. The molecular weight excluding hydrogens is 164 g/mol. The molecule has 0 aliphatic carbocycles. The zero-order valence-electron chi connectivity index (χ0n) is 7.14. The summed E-state index contributed by atoms with van der Waals surface area (Å²) in [6.07, 6.45) is 7.40. The third-order valence-electron chi connectivity index (χ3n) is 1.62. The van der Waals surface area contributed by atoms with E-state index >= 15 is 0 Å². The van der Waals surface area contributed by atoms with Crippen LogP contribution in [-0.4, -0.2) is 6.61 Å². The summed E-state index contributed by atoms with van der Waals surface area (Å²) in [4.78, 5) is 0. The standard InChI is InChI=1S/C8H17ClO2/c1-2-3-4-5-6-7-8-11-9-10/h2-8H2,1H3. The van der Waals surface area contributed by atoms with Gasteiger partial charge in [0.15, 0.2) is 0 Å². The molecule has 2 nitrogen and oxygen atoms in total. The molecule has 0 aromatic heterocycles. The fraction of sp³-hybridized carbons (Fsp3) is 1.00. The molecule has 0 aliphatic heterocycles. The quantitative estimate of drug-likeness (QED) is 0.532. The highest BCUT2D eigenvalue weighted by Crippen LogP contribution is 2.04. The fourth-order valence-corrected chi connectivity index (χ4v) is 1.14. The van der Waals surface area contributed by atoms with Crippen molar-refractivity contribution in [3.63, 3.8) is 0 Å². The molecule has 0 N–H and O–H groups in total. The lowest BCUT2D eigenvalue weighted by molar-refractivity contribution is -1.27. The van der Waals surface area contributed by atoms with Crippen molar-refractivity contribution >= 4 is 0 Å². The zero-order chi connectivity index (χ0) is 8.36. The fourth-order valence-electron chi connectivity index (χ4n) is 0.968. The summed E-state index contributed by atoms with van der Waals surface area (Å²) >= 11 is 0.620. The van der Waals surface area contributed by atoms with E-state index in [2.05, 4.69) is 11.2 Å². The van der Waals surface area contributed by atoms with Crippen LogP contribution in [0.15, 0.2) is 0 Å². The first kappa shape index (κ1) is 11.2. The summed E-state index contributed by atoms with van der Waals surface area (Å²) in [5, 5.41) is 0. The Labute approximate surface area is 73.0 Å². The van der Waals surface area contributed by atoms with Crippen molar-refractivity contribution in [1.29, 1.82) is 0 Å². The molecular formula is C8H17ClO2. The van der Waals surface area contributed by atoms with E-state index in [9.17, 15) is 4.66 Å². The third-order valence-corrected chi connectivity index (χ3v) is 1.86. The molecule has 0 bridgehead atoms. The number of halogens is 1. The molecule has 11 heavy (non-hydrogen) atoms. The molecule has 0 rings (SSSR count). The molecule has 3 heteroatoms. The predicted octanol–water partition coefficient (Wildman–Crippen LogP) is 1.64. The van der Waals surface area contributed by atoms with Gasteiger partial charge in [-0.3, -0.25) is 0 Å². The van der Waals surface area contributed by atoms with Crippen molar-refractivity contribution in [2.24, 2.45) is 0 Å². The first-order valence-corrected chi connectivity index (χ1v) is 4.92. The Morgan fingerprint density at radius 1 is 1.09 bits per heavy atom. The summed E-state index contributed by atoms with van der Waals surface area (Å²) in [5.74, 6) is 0. The molecule has 0 amide bonds. The first-order valence-electron chi connectivity index (χ1n) is 4.30. The number of hydrogen-bond donors (Lipinski definition) is 0. The van der Waals surface area contributed by atoms with Crippen LogP contribution in [0.3, 0.4) is 0 Å². The second-order valence-electron chi connectivity index (χ2n) is 2.64. The van der Waals surface area contributed by atoms with E-state index in [4.69, 9.17) is 0 Å². The summed E-state index contributed by atoms with van der Waals surface area (Å²) in [7, 11) is 0. The SMILES string of the molecule is CCCCCCCCO[Cl+][O-]. The Kier molecular flexibility index (Phi) is 10.4. The zero-order valence-corrected chi connectivity index (χ0v) is 7.90. The average molecular weight is 181 g/mol. The Balaban J connectivity index is 2.69. The van der Waals surface area contributed by atoms with Gasteiger partial charge in [0, 0.05) is 0 Å². The van der Waals surface area contributed by atoms with Gasteiger partial charge in [-0.1, -0.05) is 39.0 Å². The number of rotatable bonds is 8. The van der Waals surface area contributed by atoms with Crippen LogP contribution in [0.25, 0.3) is 0 Å². The van der Waals surface area contributed by atoms with Gasteiger partial charge in [-0.05, 0) is 6.42 Å². The molecule has 0 aromatic carbocycles. The van der Waals surface area contributed by atoms with Crippen LogP contribution in [0, 0.1) is 11.3 Å². The Morgan fingerprint density at radius 2 is 1.73 bits per heavy atom. The van der Waals surface area contributed by atoms with Crippen LogP contribution in [0.2, 0.25) is 0 Å². The minimum absolute atomic E-state index is 0.587. The highest BCUT2D eigenvalue weighted by atomic mass is 35.6. The van der Waals surface area contributed by atoms with E-state index in [1.165, 1.54) is 32.1 Å². The second-order valence-corrected chi connectivity index (χ2v) is 2.99. The lowest BCUT2D eigenvalue weighted by Crippen LogP contribution is -2.04. The van der Waals surface area contributed by atoms with Crippen molar-refractivity contribution in [3.8, 4) is 0 Å². The maximum absolute atomic E-state index is 9.70. The van der Waals surface area contributed by atoms with Crippen molar-refractivity contribution in [2.75, 3.05) is 6.61 Å². The lowest BCUT2D eigenvalue weighted by atomic mass is 10.1. The van der Waals surface area contributed by atoms with Crippen molar-refractivity contribution in [1.82, 2.24) is 0 Å². The summed E-state index contributed by atoms with van der Waals surface area (Å²) in [6.45, 7) is 2.79. The van der Waals surface area contributed by atoms with E-state index in [-0.39, 0.29) is 0 Å². The van der Waals surface area contributed by atoms with Gasteiger partial charge >= 0.3 is 11.3 Å². The Morgan fingerprint density at radius 3 is 2.36 bits per heavy atom. The van der Waals surface area contributed by atoms with E-state index < -0.39 is 0 Å². The largest absolute Gasteiger partial charge is 0.506 e. The van der Waals surface area contributed by atoms with Crippen LogP contribution >= 0.6 is 0 Å². The lowest BCUT2D eigenvalue weighted by Gasteiger charge is -1.96. The number of hydrogen-bond acceptors (Lipinski definition) is 2. The molecule has 0 aliphatic rings. The van der Waals surface area contributed by atoms with Gasteiger partial charge < -0.3 is 4.66 Å². The molecule has 0 radical (unpaired) electrons. The van der Waals surface area contributed by atoms with Gasteiger partial charge in [-0.2, -0.15) is 0 Å². The van der Waals surface area contributed by atoms with Crippen LogP contribution in [0.5, 0.6) is 0 Å². The van der Waals surface area contributed by atoms with Gasteiger partial charge in [0.2, 0.25) is 0 Å². The Hall–Kier alpha value is 0.210. The monoisotopic (exact) mass is 180 g/mol. The van der Waals surface area contributed by atoms with E-state index in [1.807, 2.05) is 0 Å². The topological polar surface area (TPSA) is 32.3 Å². The highest BCUT2D eigenvalue weighted by molar-refractivity contribution is 4.41. The van der Waals surface area contributed by atoms with Crippen LogP contribution in [0.4, 0.5) is 0 Å². The van der Waals surface area contributed by atoms with Crippen molar-refractivity contribution in [3.05, 3.63) is 0 Å². The first-order chi connectivity index (χ1) is 5.41. The van der Waals surface area contributed by atoms with Crippen LogP contribution in [-0.2, 0) is 4.29 Å². The molecule has 0 spiro atoms. The molecule has 0 fully saturated rings. The molecule has 0 saturated heterocycles. The van der Waals surface area contributed by atoms with Gasteiger partial charge in [0.25, 0.3) is 0 Å². The normalized spacial score (nSPS) is 10.4. The second kappa shape index (κ2) is 10.2. The molecule has 0 atom stereocenters. The van der Waals surface area contributed by atoms with Gasteiger partial charge in [-0.15, -0.1) is 4.29 Å². The van der Waals surface area contributed by atoms with Crippen molar-refractivity contribution < 1.29 is 20.3 Å². The van der Waals surface area contributed by atoms with Crippen LogP contribution in [0.1, 0.15) is 45.4 Å². The van der Waals surface area contributed by atoms with Crippen molar-refractivity contribution in [2.45, 2.75) is 45.4 Å². The smallest absolute Gasteiger partial charge is 0.330 e. The molecule has 68 valence electrons. The van der Waals surface area contributed by atoms with E-state index in [1.54, 1.807) is 0 Å². The minimum atomic E-state index is 0.587. The number of unbranched alkanes of at least 4 members (excludes halogenated alkanes) is 5. The molecule has 0 unspecified atom stereocenters. The molecule has 0 aromatic rings. The Bertz CT molecular complexity index is 61.1. The highest BCUT2D eigenvalue weighted by Gasteiger charge is 1.93. The van der Waals surface area contributed by atoms with E-state index in [0.717, 1.165) is 6.42 Å². The van der Waals surface area contributed by atoms with E-state index in [0.29, 0.717) is 17.9 Å². The average Bonchev–Trinajstić information content (AvgIpc) is 2.03. The molecule has 0 saturated carbocycles. The summed E-state index contributed by atoms with van der Waals surface area (Å²) in [5.41, 5.74) is 0. The third kappa shape index (κ3) is 10.2. The van der Waals surface area contributed by atoms with Crippen LogP contribution < -0.4 is 4.66 Å². The maximum atomic E-state index is 9.70. The van der Waals surface area contributed by atoms with Gasteiger partial charge in [-0.25, -0.2) is 0 Å². The maximum Gasteiger partial charge on any atom is 0.330 e. The predicted molar refractivity (Wildman–Crippen MR) is 39.3 cm³/mol. The van der Waals surface area contributed by atoms with Gasteiger partial charge in [0.05, 0.1) is 0 Å².